The van der Waals surface area contributed by atoms with E-state index in [1.54, 1.807) is 13.3 Å². The zero-order chi connectivity index (χ0) is 9.84. The summed E-state index contributed by atoms with van der Waals surface area (Å²) in [5, 5.41) is 0. The average molecular weight is 241 g/mol. The third-order valence-corrected chi connectivity index (χ3v) is 2.37. The van der Waals surface area contributed by atoms with E-state index in [1.165, 1.54) is 0 Å². The topological polar surface area (TPSA) is 38.4 Å². The van der Waals surface area contributed by atoms with Crippen molar-refractivity contribution < 1.29 is 0 Å². The third-order valence-electron chi connectivity index (χ3n) is 1.91. The highest BCUT2D eigenvalue weighted by Crippen LogP contribution is 2.22. The van der Waals surface area contributed by atoms with Gasteiger partial charge in [-0.05, 0) is 24.1 Å². The summed E-state index contributed by atoms with van der Waals surface area (Å²) >= 11 is 3.44. The van der Waals surface area contributed by atoms with Gasteiger partial charge in [-0.2, -0.15) is 0 Å². The molecule has 0 atom stereocenters. The number of aryl methyl sites for hydroxylation is 1. The molecule has 0 fully saturated rings. The van der Waals surface area contributed by atoms with E-state index in [9.17, 15) is 0 Å². The summed E-state index contributed by atoms with van der Waals surface area (Å²) in [7, 11) is 1.74. The van der Waals surface area contributed by atoms with Gasteiger partial charge in [-0.25, -0.2) is 0 Å². The molecule has 0 unspecified atom stereocenters. The van der Waals surface area contributed by atoms with E-state index in [2.05, 4.69) is 27.8 Å². The van der Waals surface area contributed by atoms with Crippen molar-refractivity contribution in [2.75, 3.05) is 12.8 Å². The lowest BCUT2D eigenvalue weighted by molar-refractivity contribution is 1.14. The van der Waals surface area contributed by atoms with Gasteiger partial charge in [-0.3, -0.25) is 4.99 Å². The van der Waals surface area contributed by atoms with Crippen molar-refractivity contribution in [1.82, 2.24) is 0 Å². The fourth-order valence-electron chi connectivity index (χ4n) is 1.24. The lowest BCUT2D eigenvalue weighted by atomic mass is 10.1. The van der Waals surface area contributed by atoms with Gasteiger partial charge in [0.05, 0.1) is 0 Å². The Labute approximate surface area is 87.0 Å². The van der Waals surface area contributed by atoms with Gasteiger partial charge in [-0.15, -0.1) is 0 Å². The Hall–Kier alpha value is -0.830. The highest BCUT2D eigenvalue weighted by Gasteiger charge is 2.03. The molecular weight excluding hydrogens is 228 g/mol. The molecule has 70 valence electrons. The molecule has 0 amide bonds. The second-order valence-corrected chi connectivity index (χ2v) is 3.72. The maximum absolute atomic E-state index is 5.94. The molecule has 1 rings (SSSR count). The van der Waals surface area contributed by atoms with E-state index in [0.717, 1.165) is 27.7 Å². The molecule has 0 aromatic heterocycles. The van der Waals surface area contributed by atoms with Crippen LogP contribution in [-0.2, 0) is 6.42 Å². The van der Waals surface area contributed by atoms with Crippen LogP contribution in [0.2, 0.25) is 0 Å². The van der Waals surface area contributed by atoms with Gasteiger partial charge in [0, 0.05) is 29.0 Å². The molecule has 0 saturated carbocycles. The Kier molecular flexibility index (Phi) is 3.48. The van der Waals surface area contributed by atoms with Crippen LogP contribution < -0.4 is 5.73 Å². The Morgan fingerprint density at radius 3 is 2.77 bits per heavy atom. The smallest absolute Gasteiger partial charge is 0.0436 e. The number of nitrogens with two attached hydrogens (primary N) is 1. The number of benzene rings is 1. The highest BCUT2D eigenvalue weighted by molar-refractivity contribution is 9.10. The molecule has 0 aliphatic carbocycles. The molecule has 0 heterocycles. The van der Waals surface area contributed by atoms with Crippen LogP contribution in [0, 0.1) is 0 Å². The van der Waals surface area contributed by atoms with E-state index < -0.39 is 0 Å². The van der Waals surface area contributed by atoms with Crippen molar-refractivity contribution in [3.63, 3.8) is 0 Å². The number of aliphatic imine (C=N–C) groups is 1. The quantitative estimate of drug-likeness (QED) is 0.627. The fourth-order valence-corrected chi connectivity index (χ4v) is 1.76. The number of nitrogens with zero attached hydrogens (tertiary/aromatic N) is 1. The van der Waals surface area contributed by atoms with E-state index in [4.69, 9.17) is 5.73 Å². The molecule has 0 radical (unpaired) electrons. The number of anilines is 1. The Morgan fingerprint density at radius 2 is 2.23 bits per heavy atom. The summed E-state index contributed by atoms with van der Waals surface area (Å²) in [6.45, 7) is 2.09. The number of hydrogen-bond donors (Lipinski definition) is 1. The van der Waals surface area contributed by atoms with Crippen LogP contribution >= 0.6 is 15.9 Å². The normalized spacial score (nSPS) is 11.0. The minimum absolute atomic E-state index is 0.830. The fraction of sp³-hybridized carbons (Fsp3) is 0.300. The molecule has 0 bridgehead atoms. The first-order valence-corrected chi connectivity index (χ1v) is 4.98. The van der Waals surface area contributed by atoms with Gasteiger partial charge in [0.25, 0.3) is 0 Å². The van der Waals surface area contributed by atoms with Gasteiger partial charge in [0.15, 0.2) is 0 Å². The third kappa shape index (κ3) is 2.31. The summed E-state index contributed by atoms with van der Waals surface area (Å²) in [5.74, 6) is 0. The van der Waals surface area contributed by atoms with Crippen LogP contribution in [0.15, 0.2) is 21.6 Å². The predicted molar refractivity (Wildman–Crippen MR) is 61.5 cm³/mol. The molecule has 0 saturated heterocycles. The van der Waals surface area contributed by atoms with Crippen LogP contribution in [-0.4, -0.2) is 13.3 Å². The summed E-state index contributed by atoms with van der Waals surface area (Å²) in [6, 6.07) is 4.02. The van der Waals surface area contributed by atoms with E-state index in [-0.39, 0.29) is 0 Å². The second kappa shape index (κ2) is 4.42. The van der Waals surface area contributed by atoms with Crippen LogP contribution in [0.5, 0.6) is 0 Å². The average Bonchev–Trinajstić information content (AvgIpc) is 2.11. The first kappa shape index (κ1) is 10.3. The summed E-state index contributed by atoms with van der Waals surface area (Å²) in [5.41, 5.74) is 8.90. The number of hydrogen-bond acceptors (Lipinski definition) is 2. The molecule has 1 aromatic carbocycles. The van der Waals surface area contributed by atoms with Crippen molar-refractivity contribution in [1.29, 1.82) is 0 Å². The van der Waals surface area contributed by atoms with Gasteiger partial charge in [0.1, 0.15) is 0 Å². The molecule has 3 heteroatoms. The molecule has 13 heavy (non-hydrogen) atoms. The van der Waals surface area contributed by atoms with Gasteiger partial charge >= 0.3 is 0 Å². The predicted octanol–water partition coefficient (Wildman–Crippen LogP) is 2.64. The number of halogens is 1. The zero-order valence-corrected chi connectivity index (χ0v) is 9.43. The lowest BCUT2D eigenvalue weighted by Gasteiger charge is -2.07. The van der Waals surface area contributed by atoms with Crippen molar-refractivity contribution >= 4 is 27.8 Å². The van der Waals surface area contributed by atoms with E-state index in [0.29, 0.717) is 0 Å². The molecule has 2 N–H and O–H groups in total. The van der Waals surface area contributed by atoms with E-state index in [1.807, 2.05) is 12.1 Å². The van der Waals surface area contributed by atoms with Crippen molar-refractivity contribution in [3.05, 3.63) is 27.7 Å². The summed E-state index contributed by atoms with van der Waals surface area (Å²) in [4.78, 5) is 3.96. The van der Waals surface area contributed by atoms with Crippen LogP contribution in [0.25, 0.3) is 0 Å². The number of rotatable bonds is 2. The van der Waals surface area contributed by atoms with Crippen molar-refractivity contribution in [3.8, 4) is 0 Å². The van der Waals surface area contributed by atoms with Crippen LogP contribution in [0.3, 0.4) is 0 Å². The SMILES string of the molecule is CCc1cc(Br)cc(C=NC)c1N. The summed E-state index contributed by atoms with van der Waals surface area (Å²) in [6.07, 6.45) is 2.72. The largest absolute Gasteiger partial charge is 0.398 e. The van der Waals surface area contributed by atoms with Gasteiger partial charge in [0.2, 0.25) is 0 Å². The van der Waals surface area contributed by atoms with Gasteiger partial charge < -0.3 is 5.73 Å². The van der Waals surface area contributed by atoms with Crippen LogP contribution in [0.4, 0.5) is 5.69 Å². The first-order chi connectivity index (χ1) is 6.19. The molecule has 2 nitrogen and oxygen atoms in total. The Balaban J connectivity index is 3.26. The monoisotopic (exact) mass is 240 g/mol. The van der Waals surface area contributed by atoms with Crippen LogP contribution in [0.1, 0.15) is 18.1 Å². The second-order valence-electron chi connectivity index (χ2n) is 2.81. The summed E-state index contributed by atoms with van der Waals surface area (Å²) < 4.78 is 1.05. The highest BCUT2D eigenvalue weighted by atomic mass is 79.9. The molecule has 0 spiro atoms. The molecular formula is C10H13BrN2. The molecule has 0 aliphatic heterocycles. The van der Waals surface area contributed by atoms with Gasteiger partial charge in [-0.1, -0.05) is 22.9 Å². The molecule has 1 aromatic rings. The molecule has 0 aliphatic rings. The van der Waals surface area contributed by atoms with Crippen molar-refractivity contribution in [2.24, 2.45) is 4.99 Å². The Morgan fingerprint density at radius 1 is 1.54 bits per heavy atom. The zero-order valence-electron chi connectivity index (χ0n) is 7.84. The minimum Gasteiger partial charge on any atom is -0.398 e. The maximum atomic E-state index is 5.94. The number of nitrogen functional groups attached to an aromatic ring is 1. The van der Waals surface area contributed by atoms with E-state index >= 15 is 0 Å². The Bertz CT molecular complexity index is 332. The lowest BCUT2D eigenvalue weighted by Crippen LogP contribution is -1.98. The van der Waals surface area contributed by atoms with Crippen molar-refractivity contribution in [2.45, 2.75) is 13.3 Å². The minimum atomic E-state index is 0.830. The maximum Gasteiger partial charge on any atom is 0.0436 e. The standard InChI is InChI=1S/C10H13BrN2/c1-3-7-4-9(11)5-8(6-13-2)10(7)12/h4-6H,3,12H2,1-2H3. The first-order valence-electron chi connectivity index (χ1n) is 4.19.